The van der Waals surface area contributed by atoms with Gasteiger partial charge in [0.1, 0.15) is 12.4 Å². The maximum atomic E-state index is 8.74. The number of hydrogen-bond donors (Lipinski definition) is 2. The van der Waals surface area contributed by atoms with Gasteiger partial charge in [0, 0.05) is 37.6 Å². The highest BCUT2D eigenvalue weighted by Crippen LogP contribution is 2.24. The van der Waals surface area contributed by atoms with E-state index in [9.17, 15) is 0 Å². The van der Waals surface area contributed by atoms with Gasteiger partial charge in [-0.05, 0) is 49.4 Å². The maximum Gasteiger partial charge on any atom is 0.138 e. The van der Waals surface area contributed by atoms with Crippen LogP contribution in [0.3, 0.4) is 0 Å². The van der Waals surface area contributed by atoms with Gasteiger partial charge in [0.2, 0.25) is 0 Å². The van der Waals surface area contributed by atoms with Crippen LogP contribution >= 0.6 is 0 Å². The maximum absolute atomic E-state index is 8.74. The Bertz CT molecular complexity index is 674. The lowest BCUT2D eigenvalue weighted by molar-refractivity contribution is 0.114. The Balaban J connectivity index is 1.53. The van der Waals surface area contributed by atoms with Crippen LogP contribution in [0.2, 0.25) is 0 Å². The summed E-state index contributed by atoms with van der Waals surface area (Å²) in [7, 11) is 0. The molecule has 1 atom stereocenters. The Hall–Kier alpha value is -1.95. The fourth-order valence-corrected chi connectivity index (χ4v) is 2.90. The molecular weight excluding hydrogens is 328 g/mol. The summed E-state index contributed by atoms with van der Waals surface area (Å²) in [6.07, 6.45) is 7.49. The summed E-state index contributed by atoms with van der Waals surface area (Å²) in [5.41, 5.74) is 3.52. The molecule has 1 unspecified atom stereocenters. The summed E-state index contributed by atoms with van der Waals surface area (Å²) < 4.78 is 11.3. The Kier molecular flexibility index (Phi) is 7.43. The van der Waals surface area contributed by atoms with Gasteiger partial charge < -0.3 is 19.9 Å². The summed E-state index contributed by atoms with van der Waals surface area (Å²) in [6.45, 7) is 3.33. The fourth-order valence-electron chi connectivity index (χ4n) is 2.90. The first-order valence-corrected chi connectivity index (χ1v) is 9.44. The normalized spacial score (nSPS) is 16.3. The first-order valence-electron chi connectivity index (χ1n) is 9.44. The minimum Gasteiger partial charge on any atom is -0.490 e. The van der Waals surface area contributed by atoms with E-state index >= 15 is 0 Å². The number of aliphatic hydroxyl groups excluding tert-OH is 1. The molecule has 5 heteroatoms. The molecule has 1 aromatic heterocycles. The van der Waals surface area contributed by atoms with Crippen molar-refractivity contribution in [3.63, 3.8) is 0 Å². The van der Waals surface area contributed by atoms with Crippen molar-refractivity contribution in [2.75, 3.05) is 33.0 Å². The summed E-state index contributed by atoms with van der Waals surface area (Å²) in [5, 5.41) is 12.1. The van der Waals surface area contributed by atoms with Crippen molar-refractivity contribution in [1.82, 2.24) is 10.3 Å². The van der Waals surface area contributed by atoms with Crippen LogP contribution in [0.15, 0.2) is 42.7 Å². The average molecular weight is 356 g/mol. The summed E-state index contributed by atoms with van der Waals surface area (Å²) in [4.78, 5) is 4.33. The Morgan fingerprint density at radius 1 is 1.12 bits per heavy atom. The third kappa shape index (κ3) is 5.80. The highest BCUT2D eigenvalue weighted by molar-refractivity contribution is 5.64. The Labute approximate surface area is 155 Å². The number of aliphatic hydroxyl groups is 1. The zero-order valence-corrected chi connectivity index (χ0v) is 15.2. The largest absolute Gasteiger partial charge is 0.490 e. The lowest BCUT2D eigenvalue weighted by atomic mass is 10.0. The van der Waals surface area contributed by atoms with Gasteiger partial charge in [-0.25, -0.2) is 0 Å². The molecule has 0 amide bonds. The first kappa shape index (κ1) is 18.8. The summed E-state index contributed by atoms with van der Waals surface area (Å²) in [5.74, 6) is 0.818. The van der Waals surface area contributed by atoms with Gasteiger partial charge in [0.15, 0.2) is 0 Å². The van der Waals surface area contributed by atoms with Crippen molar-refractivity contribution < 1.29 is 14.6 Å². The molecule has 2 heterocycles. The zero-order valence-electron chi connectivity index (χ0n) is 15.2. The molecule has 26 heavy (non-hydrogen) atoms. The van der Waals surface area contributed by atoms with Crippen molar-refractivity contribution in [1.29, 1.82) is 0 Å². The number of aromatic nitrogens is 1. The third-order valence-electron chi connectivity index (χ3n) is 4.55. The molecule has 1 aliphatic heterocycles. The number of pyridine rings is 1. The monoisotopic (exact) mass is 356 g/mol. The van der Waals surface area contributed by atoms with Gasteiger partial charge in [-0.1, -0.05) is 24.3 Å². The highest BCUT2D eigenvalue weighted by Gasteiger charge is 2.16. The standard InChI is InChI=1S/C21H28N2O3/c24-9-3-11-25-10-2-5-17-4-1-6-18(12-17)19-13-21(15-22-14-19)26-16-20-7-8-23-20/h1,4,6,12-15,20,23-24H,2-3,5,7-11,16H2. The molecule has 2 N–H and O–H groups in total. The highest BCUT2D eigenvalue weighted by atomic mass is 16.5. The van der Waals surface area contributed by atoms with Crippen LogP contribution in [0.4, 0.5) is 0 Å². The minimum atomic E-state index is 0.191. The first-order chi connectivity index (χ1) is 12.8. The van der Waals surface area contributed by atoms with Crippen LogP contribution in [-0.2, 0) is 11.2 Å². The SMILES string of the molecule is OCCCOCCCc1cccc(-c2cncc(OCC3CCN3)c2)c1. The number of aryl methyl sites for hydroxylation is 1. The number of rotatable bonds is 11. The van der Waals surface area contributed by atoms with E-state index in [0.717, 1.165) is 42.9 Å². The number of nitrogens with zero attached hydrogens (tertiary/aromatic N) is 1. The van der Waals surface area contributed by atoms with Crippen molar-refractivity contribution in [3.05, 3.63) is 48.3 Å². The molecule has 0 bridgehead atoms. The molecule has 1 saturated heterocycles. The van der Waals surface area contributed by atoms with Crippen LogP contribution < -0.4 is 10.1 Å². The van der Waals surface area contributed by atoms with Crippen molar-refractivity contribution in [2.24, 2.45) is 0 Å². The number of nitrogens with one attached hydrogen (secondary N) is 1. The predicted octanol–water partition coefficient (Wildman–Crippen LogP) is 2.82. The van der Waals surface area contributed by atoms with E-state index in [-0.39, 0.29) is 6.61 Å². The summed E-state index contributed by atoms with van der Waals surface area (Å²) in [6, 6.07) is 11.1. The molecule has 140 valence electrons. The third-order valence-corrected chi connectivity index (χ3v) is 4.55. The van der Waals surface area contributed by atoms with E-state index in [4.69, 9.17) is 14.6 Å². The van der Waals surface area contributed by atoms with E-state index in [1.165, 1.54) is 12.0 Å². The van der Waals surface area contributed by atoms with Crippen LogP contribution in [0.5, 0.6) is 5.75 Å². The smallest absolute Gasteiger partial charge is 0.138 e. The quantitative estimate of drug-likeness (QED) is 0.606. The topological polar surface area (TPSA) is 63.6 Å². The van der Waals surface area contributed by atoms with Gasteiger partial charge in [0.25, 0.3) is 0 Å². The number of benzene rings is 1. The molecule has 1 fully saturated rings. The molecule has 2 aromatic rings. The van der Waals surface area contributed by atoms with Crippen molar-refractivity contribution in [2.45, 2.75) is 31.7 Å². The zero-order chi connectivity index (χ0) is 18.0. The van der Waals surface area contributed by atoms with Gasteiger partial charge in [-0.15, -0.1) is 0 Å². The van der Waals surface area contributed by atoms with Crippen molar-refractivity contribution >= 4 is 0 Å². The molecule has 1 aromatic carbocycles. The summed E-state index contributed by atoms with van der Waals surface area (Å²) >= 11 is 0. The van der Waals surface area contributed by atoms with E-state index in [2.05, 4.69) is 40.6 Å². The van der Waals surface area contributed by atoms with Gasteiger partial charge in [-0.3, -0.25) is 4.98 Å². The van der Waals surface area contributed by atoms with Gasteiger partial charge in [-0.2, -0.15) is 0 Å². The van der Waals surface area contributed by atoms with E-state index in [1.54, 1.807) is 6.20 Å². The molecule has 3 rings (SSSR count). The molecule has 0 radical (unpaired) electrons. The van der Waals surface area contributed by atoms with Crippen LogP contribution in [0.1, 0.15) is 24.8 Å². The lowest BCUT2D eigenvalue weighted by Gasteiger charge is -2.27. The second-order valence-electron chi connectivity index (χ2n) is 6.65. The Morgan fingerprint density at radius 3 is 2.81 bits per heavy atom. The molecule has 1 aliphatic rings. The van der Waals surface area contributed by atoms with Crippen molar-refractivity contribution in [3.8, 4) is 16.9 Å². The molecule has 0 saturated carbocycles. The number of ether oxygens (including phenoxy) is 2. The Morgan fingerprint density at radius 2 is 2.00 bits per heavy atom. The average Bonchev–Trinajstić information content (AvgIpc) is 2.64. The fraction of sp³-hybridized carbons (Fsp3) is 0.476. The van der Waals surface area contributed by atoms with E-state index in [1.807, 2.05) is 6.20 Å². The molecular formula is C21H28N2O3. The lowest BCUT2D eigenvalue weighted by Crippen LogP contribution is -2.46. The van der Waals surface area contributed by atoms with Crippen LogP contribution in [-0.4, -0.2) is 49.1 Å². The van der Waals surface area contributed by atoms with E-state index < -0.39 is 0 Å². The van der Waals surface area contributed by atoms with E-state index in [0.29, 0.717) is 25.7 Å². The van der Waals surface area contributed by atoms with Gasteiger partial charge in [0.05, 0.1) is 6.20 Å². The van der Waals surface area contributed by atoms with Crippen LogP contribution in [0.25, 0.3) is 11.1 Å². The molecule has 0 spiro atoms. The molecule has 0 aliphatic carbocycles. The van der Waals surface area contributed by atoms with Gasteiger partial charge >= 0.3 is 0 Å². The second kappa shape index (κ2) is 10.3. The molecule has 5 nitrogen and oxygen atoms in total. The number of hydrogen-bond acceptors (Lipinski definition) is 5. The second-order valence-corrected chi connectivity index (χ2v) is 6.65. The minimum absolute atomic E-state index is 0.191. The predicted molar refractivity (Wildman–Crippen MR) is 102 cm³/mol. The van der Waals surface area contributed by atoms with Crippen LogP contribution in [0, 0.1) is 0 Å².